The summed E-state index contributed by atoms with van der Waals surface area (Å²) in [5.74, 6) is 2.14. The van der Waals surface area contributed by atoms with Crippen molar-refractivity contribution in [2.45, 2.75) is 20.8 Å². The second-order valence-corrected chi connectivity index (χ2v) is 22.4. The number of nitrogens with one attached hydrogen (secondary N) is 9. The summed E-state index contributed by atoms with van der Waals surface area (Å²) >= 11 is 12.2. The molecule has 0 saturated heterocycles. The number of benzene rings is 7. The van der Waals surface area contributed by atoms with E-state index >= 15 is 0 Å². The number of fused-ring (bicyclic) bond motifs is 1. The standard InChI is InChI=1S/C25H24N6O2.C23H27N7O2.C21H20Cl2N6O2/c1-16-8-9-19(24(32)29-20-11-10-17-6-4-5-7-18(17)12-20)13-21(16)30-25(33)31(3)23-14-22(26-2)27-15-28-23;1-15-9-10-16(22(31)27-17-7-6-8-18(12-17)29(3)4)11-19(15)28-23(32)30(5)21-13-20(24-2)25-14-26-21;1-12-7-8-13(20(30)28-19-14(22)5-4-6-15(19)23)9-16(12)27-21(31)29(3)18-10-17(24-2)25-11-26-18/h4-15H,1-3H3,(H,29,32)(H,30,33)(H,26,27,28);6-14H,1-5H3,(H,27,31)(H,28,32)(H,24,25,26);4-11H,1-3H3,(H,27,31)(H,28,30)(H,24,25,26). The predicted molar refractivity (Wildman–Crippen MR) is 386 cm³/mol. The van der Waals surface area contributed by atoms with E-state index in [1.54, 1.807) is 133 Å². The van der Waals surface area contributed by atoms with Crippen LogP contribution in [0.3, 0.4) is 0 Å². The SMILES string of the molecule is CNc1cc(N(C)C(=O)Nc2cc(C(=O)Nc3c(Cl)cccc3Cl)ccc2C)ncn1.CNc1cc(N(C)C(=O)Nc2cc(C(=O)Nc3ccc4ccccc4c3)ccc2C)ncn1.CNc1cc(N(C)C(=O)Nc2cc(C(=O)Nc3cccc(N(C)C)c3)ccc2C)ncn1. The Bertz CT molecular complexity index is 4480. The molecule has 3 heterocycles. The Labute approximate surface area is 565 Å². The highest BCUT2D eigenvalue weighted by Crippen LogP contribution is 2.32. The van der Waals surface area contributed by atoms with Gasteiger partial charge in [0.25, 0.3) is 17.7 Å². The maximum atomic E-state index is 12.9. The van der Waals surface area contributed by atoms with Gasteiger partial charge in [-0.25, -0.2) is 44.3 Å². The van der Waals surface area contributed by atoms with E-state index in [9.17, 15) is 28.8 Å². The predicted octanol–water partition coefficient (Wildman–Crippen LogP) is 13.8. The van der Waals surface area contributed by atoms with Crippen molar-refractivity contribution in [3.05, 3.63) is 220 Å². The Morgan fingerprint density at radius 1 is 0.365 bits per heavy atom. The minimum absolute atomic E-state index is 0.261. The molecule has 9 N–H and O–H groups in total. The summed E-state index contributed by atoms with van der Waals surface area (Å²) in [6.45, 7) is 5.55. The van der Waals surface area contributed by atoms with Crippen molar-refractivity contribution in [3.8, 4) is 0 Å². The van der Waals surface area contributed by atoms with Crippen LogP contribution < -0.4 is 67.5 Å². The van der Waals surface area contributed by atoms with Gasteiger partial charge in [0.2, 0.25) is 0 Å². The van der Waals surface area contributed by atoms with E-state index < -0.39 is 11.9 Å². The van der Waals surface area contributed by atoms with Crippen LogP contribution in [0, 0.1) is 20.8 Å². The third kappa shape index (κ3) is 18.4. The molecule has 9 amide bonds. The molecule has 96 heavy (non-hydrogen) atoms. The Morgan fingerprint density at radius 3 is 1.14 bits per heavy atom. The quantitative estimate of drug-likeness (QED) is 0.0434. The number of aryl methyl sites for hydroxylation is 3. The third-order valence-electron chi connectivity index (χ3n) is 14.7. The zero-order valence-electron chi connectivity index (χ0n) is 54.4. The van der Waals surface area contributed by atoms with Gasteiger partial charge in [-0.15, -0.1) is 0 Å². The van der Waals surface area contributed by atoms with Gasteiger partial charge < -0.3 is 52.8 Å². The van der Waals surface area contributed by atoms with Crippen molar-refractivity contribution in [1.82, 2.24) is 29.9 Å². The molecule has 492 valence electrons. The van der Waals surface area contributed by atoms with Gasteiger partial charge in [-0.2, -0.15) is 0 Å². The van der Waals surface area contributed by atoms with Gasteiger partial charge in [-0.3, -0.25) is 29.1 Å². The molecule has 0 spiro atoms. The maximum Gasteiger partial charge on any atom is 0.327 e. The topological polar surface area (TPSA) is 301 Å². The monoisotopic (exact) mass is 1330 g/mol. The summed E-state index contributed by atoms with van der Waals surface area (Å²) in [6, 6.07) is 45.4. The number of para-hydroxylation sites is 1. The molecule has 0 atom stereocenters. The zero-order chi connectivity index (χ0) is 69.2. The molecule has 0 aliphatic rings. The van der Waals surface area contributed by atoms with E-state index in [0.717, 1.165) is 33.2 Å². The van der Waals surface area contributed by atoms with E-state index in [1.807, 2.05) is 106 Å². The molecule has 0 saturated carbocycles. The highest BCUT2D eigenvalue weighted by atomic mass is 35.5. The number of urea groups is 3. The van der Waals surface area contributed by atoms with Gasteiger partial charge >= 0.3 is 18.1 Å². The molecule has 0 aliphatic heterocycles. The van der Waals surface area contributed by atoms with Crippen molar-refractivity contribution in [3.63, 3.8) is 0 Å². The molecule has 0 aliphatic carbocycles. The van der Waals surface area contributed by atoms with Gasteiger partial charge in [0.15, 0.2) is 0 Å². The molecule has 25 nitrogen and oxygen atoms in total. The van der Waals surface area contributed by atoms with Crippen LogP contribution in [0.4, 0.5) is 89.1 Å². The number of carbonyl (C=O) groups excluding carboxylic acids is 6. The second kappa shape index (κ2) is 32.5. The van der Waals surface area contributed by atoms with Gasteiger partial charge in [-0.05, 0) is 127 Å². The number of amides is 9. The van der Waals surface area contributed by atoms with Gasteiger partial charge in [0.05, 0.1) is 15.7 Å². The van der Waals surface area contributed by atoms with E-state index in [0.29, 0.717) is 95.8 Å². The average molecular weight is 1330 g/mol. The molecule has 7 aromatic carbocycles. The molecule has 0 bridgehead atoms. The summed E-state index contributed by atoms with van der Waals surface area (Å²) in [6.07, 6.45) is 4.13. The molecular formula is C69H71Cl2N19O6. The van der Waals surface area contributed by atoms with Crippen LogP contribution in [0.5, 0.6) is 0 Å². The van der Waals surface area contributed by atoms with E-state index in [1.165, 1.54) is 33.7 Å². The Hall–Kier alpha value is -12.0. The fourth-order valence-electron chi connectivity index (χ4n) is 8.94. The fourth-order valence-corrected chi connectivity index (χ4v) is 9.43. The molecule has 0 unspecified atom stereocenters. The minimum Gasteiger partial charge on any atom is -0.378 e. The number of halogens is 2. The smallest absolute Gasteiger partial charge is 0.327 e. The van der Waals surface area contributed by atoms with Crippen molar-refractivity contribution >= 4 is 145 Å². The van der Waals surface area contributed by atoms with Crippen molar-refractivity contribution in [2.24, 2.45) is 0 Å². The first-order chi connectivity index (χ1) is 46.0. The molecule has 10 aromatic rings. The van der Waals surface area contributed by atoms with Crippen molar-refractivity contribution < 1.29 is 28.8 Å². The largest absolute Gasteiger partial charge is 0.378 e. The first kappa shape index (κ1) is 69.9. The number of hydrogen-bond donors (Lipinski definition) is 9. The third-order valence-corrected chi connectivity index (χ3v) is 15.4. The van der Waals surface area contributed by atoms with E-state index in [-0.39, 0.29) is 23.9 Å². The number of nitrogens with zero attached hydrogens (tertiary/aromatic N) is 10. The summed E-state index contributed by atoms with van der Waals surface area (Å²) in [7, 11) is 13.9. The van der Waals surface area contributed by atoms with Gasteiger partial charge in [0.1, 0.15) is 53.9 Å². The fraction of sp³-hybridized carbons (Fsp3) is 0.159. The first-order valence-corrected chi connectivity index (χ1v) is 30.4. The number of hydrogen-bond acceptors (Lipinski definition) is 16. The Balaban J connectivity index is 0.000000184. The number of anilines is 13. The van der Waals surface area contributed by atoms with Crippen molar-refractivity contribution in [1.29, 1.82) is 0 Å². The van der Waals surface area contributed by atoms with Crippen LogP contribution in [0.2, 0.25) is 10.0 Å². The Morgan fingerprint density at radius 2 is 0.740 bits per heavy atom. The second-order valence-electron chi connectivity index (χ2n) is 21.6. The van der Waals surface area contributed by atoms with Crippen LogP contribution in [0.25, 0.3) is 10.8 Å². The van der Waals surface area contributed by atoms with Crippen molar-refractivity contribution in [2.75, 3.05) is 124 Å². The summed E-state index contributed by atoms with van der Waals surface area (Å²) in [4.78, 5) is 107. The molecule has 3 aromatic heterocycles. The first-order valence-electron chi connectivity index (χ1n) is 29.6. The zero-order valence-corrected chi connectivity index (χ0v) is 55.9. The lowest BCUT2D eigenvalue weighted by Gasteiger charge is -2.19. The molecule has 27 heteroatoms. The van der Waals surface area contributed by atoms with E-state index in [4.69, 9.17) is 23.2 Å². The summed E-state index contributed by atoms with van der Waals surface area (Å²) in [5, 5.41) is 28.6. The van der Waals surface area contributed by atoms with Gasteiger partial charge in [-0.1, -0.05) is 83.9 Å². The molecule has 0 radical (unpaired) electrons. The summed E-state index contributed by atoms with van der Waals surface area (Å²) < 4.78 is 0. The molecular weight excluding hydrogens is 1260 g/mol. The van der Waals surface area contributed by atoms with Crippen LogP contribution in [-0.2, 0) is 0 Å². The minimum atomic E-state index is -0.421. The van der Waals surface area contributed by atoms with Crippen LogP contribution in [0.1, 0.15) is 47.8 Å². The highest BCUT2D eigenvalue weighted by Gasteiger charge is 2.21. The lowest BCUT2D eigenvalue weighted by molar-refractivity contribution is 0.101. The number of carbonyl (C=O) groups is 6. The van der Waals surface area contributed by atoms with Crippen LogP contribution >= 0.6 is 23.2 Å². The lowest BCUT2D eigenvalue weighted by Crippen LogP contribution is -2.32. The van der Waals surface area contributed by atoms with Crippen LogP contribution in [-0.4, -0.2) is 122 Å². The highest BCUT2D eigenvalue weighted by molar-refractivity contribution is 6.40. The van der Waals surface area contributed by atoms with E-state index in [2.05, 4.69) is 77.8 Å². The number of rotatable bonds is 16. The Kier molecular flexibility index (Phi) is 23.7. The van der Waals surface area contributed by atoms with Crippen LogP contribution in [0.15, 0.2) is 177 Å². The number of aromatic nitrogens is 6. The normalized spacial score (nSPS) is 10.4. The average Bonchev–Trinajstić information content (AvgIpc) is 0.872. The lowest BCUT2D eigenvalue weighted by atomic mass is 10.1. The molecule has 10 rings (SSSR count). The van der Waals surface area contributed by atoms with Gasteiger partial charge in [0, 0.05) is 125 Å². The maximum absolute atomic E-state index is 12.9. The molecule has 0 fully saturated rings. The summed E-state index contributed by atoms with van der Waals surface area (Å²) in [5.41, 5.74) is 7.91.